The van der Waals surface area contributed by atoms with E-state index < -0.39 is 0 Å². The Labute approximate surface area is 159 Å². The third-order valence-electron chi connectivity index (χ3n) is 3.54. The summed E-state index contributed by atoms with van der Waals surface area (Å²) >= 11 is 19.4. The molecule has 0 aliphatic rings. The predicted octanol–water partition coefficient (Wildman–Crippen LogP) is 5.69. The van der Waals surface area contributed by atoms with Gasteiger partial charge >= 0.3 is 0 Å². The molecule has 0 saturated heterocycles. The maximum atomic E-state index is 6.37. The van der Waals surface area contributed by atoms with Crippen LogP contribution >= 0.6 is 46.8 Å². The van der Waals surface area contributed by atoms with Crippen molar-refractivity contribution < 1.29 is 4.74 Å². The Morgan fingerprint density at radius 2 is 2.21 bits per heavy atom. The first-order chi connectivity index (χ1) is 11.5. The zero-order chi connectivity index (χ0) is 17.1. The lowest BCUT2D eigenvalue weighted by Gasteiger charge is -2.21. The van der Waals surface area contributed by atoms with Gasteiger partial charge in [-0.1, -0.05) is 29.3 Å². The number of hydrogen-bond donors (Lipinski definition) is 0. The van der Waals surface area contributed by atoms with E-state index in [1.807, 2.05) is 35.2 Å². The molecule has 2 heterocycles. The van der Waals surface area contributed by atoms with Gasteiger partial charge in [0.2, 0.25) is 5.05 Å². The van der Waals surface area contributed by atoms with Gasteiger partial charge in [-0.25, -0.2) is 4.98 Å². The molecule has 0 saturated carbocycles. The lowest BCUT2D eigenvalue weighted by Crippen LogP contribution is -2.16. The number of thiophene rings is 1. The number of halogens is 2. The minimum absolute atomic E-state index is 0.335. The molecule has 24 heavy (non-hydrogen) atoms. The molecule has 0 bridgehead atoms. The van der Waals surface area contributed by atoms with E-state index >= 15 is 0 Å². The van der Waals surface area contributed by atoms with Gasteiger partial charge in [-0.05, 0) is 48.3 Å². The van der Waals surface area contributed by atoms with Crippen LogP contribution in [-0.4, -0.2) is 14.6 Å². The van der Waals surface area contributed by atoms with Crippen LogP contribution in [0.25, 0.3) is 0 Å². The number of nitrogens with zero attached hydrogens (tertiary/aromatic N) is 2. The number of thiocarbonyl (C=S) groups is 1. The average Bonchev–Trinajstić information content (AvgIpc) is 3.18. The highest BCUT2D eigenvalue weighted by Crippen LogP contribution is 2.31. The van der Waals surface area contributed by atoms with Gasteiger partial charge in [-0.2, -0.15) is 0 Å². The molecule has 3 aromatic rings. The Hall–Kier alpha value is -1.40. The van der Waals surface area contributed by atoms with Crippen molar-refractivity contribution in [3.63, 3.8) is 0 Å². The van der Waals surface area contributed by atoms with Gasteiger partial charge in [0.05, 0.1) is 17.7 Å². The summed E-state index contributed by atoms with van der Waals surface area (Å²) in [5.41, 5.74) is 1.94. The van der Waals surface area contributed by atoms with E-state index in [1.165, 1.54) is 0 Å². The monoisotopic (exact) mass is 396 g/mol. The second kappa shape index (κ2) is 7.66. The largest absolute Gasteiger partial charge is 0.472 e. The number of hydrogen-bond acceptors (Lipinski definition) is 4. The van der Waals surface area contributed by atoms with Crippen molar-refractivity contribution in [1.82, 2.24) is 9.55 Å². The maximum Gasteiger partial charge on any atom is 0.202 e. The number of aromatic nitrogens is 2. The Balaban J connectivity index is 1.90. The first-order valence-corrected chi connectivity index (χ1v) is 9.24. The predicted molar refractivity (Wildman–Crippen MR) is 103 cm³/mol. The van der Waals surface area contributed by atoms with Crippen LogP contribution in [0, 0.1) is 6.92 Å². The zero-order valence-corrected chi connectivity index (χ0v) is 15.9. The molecule has 0 aliphatic carbocycles. The van der Waals surface area contributed by atoms with E-state index in [9.17, 15) is 0 Å². The molecule has 3 nitrogen and oxygen atoms in total. The molecule has 1 atom stereocenters. The molecule has 3 rings (SSSR count). The molecule has 0 radical (unpaired) electrons. The lowest BCUT2D eigenvalue weighted by atomic mass is 10.1. The number of aryl methyl sites for hydroxylation is 1. The molecule has 0 N–H and O–H groups in total. The van der Waals surface area contributed by atoms with Crippen molar-refractivity contribution in [3.05, 3.63) is 74.4 Å². The third-order valence-corrected chi connectivity index (χ3v) is 5.55. The molecule has 1 unspecified atom stereocenters. The highest BCUT2D eigenvalue weighted by Gasteiger charge is 2.21. The number of rotatable bonds is 5. The van der Waals surface area contributed by atoms with E-state index in [0.717, 1.165) is 16.0 Å². The molecule has 1 aromatic carbocycles. The highest BCUT2D eigenvalue weighted by molar-refractivity contribution is 7.80. The fraction of sp³-hybridized carbons (Fsp3) is 0.176. The first kappa shape index (κ1) is 17.4. The molecule has 124 valence electrons. The second-order valence-electron chi connectivity index (χ2n) is 5.25. The SMILES string of the molecule is Cc1ccsc1C(=S)OC(Cn1ccnc1)c1ccc(Cl)cc1Cl. The van der Waals surface area contributed by atoms with E-state index in [0.29, 0.717) is 21.6 Å². The van der Waals surface area contributed by atoms with Crippen LogP contribution in [0.15, 0.2) is 48.4 Å². The molecule has 0 spiro atoms. The summed E-state index contributed by atoms with van der Waals surface area (Å²) in [7, 11) is 0. The molecular weight excluding hydrogens is 383 g/mol. The fourth-order valence-electron chi connectivity index (χ4n) is 2.31. The molecule has 0 fully saturated rings. The Bertz CT molecular complexity index is 846. The summed E-state index contributed by atoms with van der Waals surface area (Å²) in [4.78, 5) is 5.03. The van der Waals surface area contributed by atoms with Crippen molar-refractivity contribution in [2.24, 2.45) is 0 Å². The van der Waals surface area contributed by atoms with Gasteiger partial charge in [0.15, 0.2) is 0 Å². The van der Waals surface area contributed by atoms with Crippen LogP contribution < -0.4 is 0 Å². The normalized spacial score (nSPS) is 12.1. The van der Waals surface area contributed by atoms with Gasteiger partial charge in [-0.15, -0.1) is 11.3 Å². The number of benzene rings is 1. The smallest absolute Gasteiger partial charge is 0.202 e. The molecule has 0 aliphatic heterocycles. The summed E-state index contributed by atoms with van der Waals surface area (Å²) in [5, 5.41) is 3.61. The van der Waals surface area contributed by atoms with E-state index in [1.54, 1.807) is 36.0 Å². The van der Waals surface area contributed by atoms with Crippen molar-refractivity contribution in [3.8, 4) is 0 Å². The maximum absolute atomic E-state index is 6.37. The topological polar surface area (TPSA) is 27.1 Å². The minimum atomic E-state index is -0.335. The quantitative estimate of drug-likeness (QED) is 0.518. The van der Waals surface area contributed by atoms with Crippen molar-refractivity contribution >= 4 is 51.8 Å². The van der Waals surface area contributed by atoms with Crippen LogP contribution in [0.5, 0.6) is 0 Å². The van der Waals surface area contributed by atoms with Gasteiger partial charge in [0, 0.05) is 28.0 Å². The van der Waals surface area contributed by atoms with Gasteiger partial charge in [0.1, 0.15) is 6.10 Å². The summed E-state index contributed by atoms with van der Waals surface area (Å²) in [5.74, 6) is 0. The fourth-order valence-corrected chi connectivity index (χ4v) is 4.07. The van der Waals surface area contributed by atoms with Crippen LogP contribution in [0.1, 0.15) is 22.1 Å². The lowest BCUT2D eigenvalue weighted by molar-refractivity contribution is 0.177. The number of imidazole rings is 1. The Morgan fingerprint density at radius 1 is 1.38 bits per heavy atom. The minimum Gasteiger partial charge on any atom is -0.472 e. The first-order valence-electron chi connectivity index (χ1n) is 7.20. The number of ether oxygens (including phenoxy) is 1. The van der Waals surface area contributed by atoms with Crippen molar-refractivity contribution in [2.45, 2.75) is 19.6 Å². The Morgan fingerprint density at radius 3 is 2.83 bits per heavy atom. The molecule has 7 heteroatoms. The van der Waals surface area contributed by atoms with Crippen LogP contribution in [0.2, 0.25) is 10.0 Å². The van der Waals surface area contributed by atoms with Crippen LogP contribution in [0.4, 0.5) is 0 Å². The summed E-state index contributed by atoms with van der Waals surface area (Å²) in [6.45, 7) is 2.56. The van der Waals surface area contributed by atoms with Crippen molar-refractivity contribution in [1.29, 1.82) is 0 Å². The third kappa shape index (κ3) is 3.98. The van der Waals surface area contributed by atoms with E-state index in [-0.39, 0.29) is 6.10 Å². The standard InChI is InChI=1S/C17H14Cl2N2OS2/c1-11-4-7-24-16(11)17(23)22-15(9-21-6-5-20-10-21)13-3-2-12(18)8-14(13)19/h2-8,10,15H,9H2,1H3. The zero-order valence-electron chi connectivity index (χ0n) is 12.8. The molecule has 0 amide bonds. The van der Waals surface area contributed by atoms with Crippen molar-refractivity contribution in [2.75, 3.05) is 0 Å². The van der Waals surface area contributed by atoms with E-state index in [4.69, 9.17) is 40.2 Å². The Kier molecular flexibility index (Phi) is 5.56. The second-order valence-corrected chi connectivity index (χ2v) is 7.38. The van der Waals surface area contributed by atoms with Gasteiger partial charge in [0.25, 0.3) is 0 Å². The van der Waals surface area contributed by atoms with E-state index in [2.05, 4.69) is 4.98 Å². The average molecular weight is 397 g/mol. The molecular formula is C17H14Cl2N2OS2. The highest BCUT2D eigenvalue weighted by atomic mass is 35.5. The summed E-state index contributed by atoms with van der Waals surface area (Å²) < 4.78 is 8.05. The summed E-state index contributed by atoms with van der Waals surface area (Å²) in [6, 6.07) is 7.40. The summed E-state index contributed by atoms with van der Waals surface area (Å²) in [6.07, 6.45) is 5.00. The van der Waals surface area contributed by atoms with Gasteiger partial charge < -0.3 is 9.30 Å². The van der Waals surface area contributed by atoms with Crippen LogP contribution in [-0.2, 0) is 11.3 Å². The molecule has 2 aromatic heterocycles. The van der Waals surface area contributed by atoms with Gasteiger partial charge in [-0.3, -0.25) is 0 Å². The van der Waals surface area contributed by atoms with Crippen LogP contribution in [0.3, 0.4) is 0 Å².